The van der Waals surface area contributed by atoms with Gasteiger partial charge in [-0.05, 0) is 80.8 Å². The first kappa shape index (κ1) is 17.3. The van der Waals surface area contributed by atoms with E-state index in [1.165, 1.54) is 49.9 Å². The predicted molar refractivity (Wildman–Crippen MR) is 101 cm³/mol. The van der Waals surface area contributed by atoms with Gasteiger partial charge < -0.3 is 0 Å². The Morgan fingerprint density at radius 3 is 2.22 bits per heavy atom. The standard InChI is InChI=1S/C20H32N2S/c1-15(18-8-9-18)19-10-12-22(13-11-19)14-17-4-6-20(7-5-17)16(2)21-23-3/h4-7,15-16,18-19,21H,8-14H2,1-3H3/t15?,16-/m1/s1. The maximum atomic E-state index is 3.40. The van der Waals surface area contributed by atoms with E-state index in [0.29, 0.717) is 6.04 Å². The van der Waals surface area contributed by atoms with Crippen LogP contribution in [0.1, 0.15) is 56.7 Å². The van der Waals surface area contributed by atoms with Crippen LogP contribution in [0.3, 0.4) is 0 Å². The Hall–Kier alpha value is -0.510. The van der Waals surface area contributed by atoms with Crippen LogP contribution < -0.4 is 4.72 Å². The van der Waals surface area contributed by atoms with Crippen molar-refractivity contribution in [1.82, 2.24) is 9.62 Å². The molecule has 0 radical (unpaired) electrons. The van der Waals surface area contributed by atoms with Crippen LogP contribution in [0.5, 0.6) is 0 Å². The molecule has 1 aromatic rings. The molecule has 23 heavy (non-hydrogen) atoms. The van der Waals surface area contributed by atoms with Gasteiger partial charge >= 0.3 is 0 Å². The number of hydrogen-bond acceptors (Lipinski definition) is 3. The Morgan fingerprint density at radius 2 is 1.65 bits per heavy atom. The van der Waals surface area contributed by atoms with Crippen LogP contribution in [0.15, 0.2) is 24.3 Å². The number of hydrogen-bond donors (Lipinski definition) is 1. The van der Waals surface area contributed by atoms with E-state index in [1.54, 1.807) is 11.9 Å². The summed E-state index contributed by atoms with van der Waals surface area (Å²) in [6.07, 6.45) is 7.89. The summed E-state index contributed by atoms with van der Waals surface area (Å²) in [6.45, 7) is 8.41. The number of nitrogens with one attached hydrogen (secondary N) is 1. The average Bonchev–Trinajstić information content (AvgIpc) is 3.41. The molecule has 3 rings (SSSR count). The molecule has 1 aliphatic carbocycles. The zero-order chi connectivity index (χ0) is 16.2. The van der Waals surface area contributed by atoms with Crippen molar-refractivity contribution in [2.75, 3.05) is 19.3 Å². The molecule has 2 aliphatic rings. The summed E-state index contributed by atoms with van der Waals surface area (Å²) in [5.74, 6) is 3.03. The zero-order valence-electron chi connectivity index (χ0n) is 14.9. The Bertz CT molecular complexity index is 475. The highest BCUT2D eigenvalue weighted by atomic mass is 32.2. The molecule has 2 atom stereocenters. The first-order chi connectivity index (χ1) is 11.2. The van der Waals surface area contributed by atoms with E-state index in [2.05, 4.69) is 54.0 Å². The number of likely N-dealkylation sites (tertiary alicyclic amines) is 1. The summed E-state index contributed by atoms with van der Waals surface area (Å²) >= 11 is 1.69. The van der Waals surface area contributed by atoms with Crippen molar-refractivity contribution in [1.29, 1.82) is 0 Å². The van der Waals surface area contributed by atoms with Gasteiger partial charge in [-0.15, -0.1) is 0 Å². The number of piperidine rings is 1. The lowest BCUT2D eigenvalue weighted by molar-refractivity contribution is 0.139. The quantitative estimate of drug-likeness (QED) is 0.717. The van der Waals surface area contributed by atoms with Crippen molar-refractivity contribution in [3.8, 4) is 0 Å². The lowest BCUT2D eigenvalue weighted by Gasteiger charge is -2.35. The lowest BCUT2D eigenvalue weighted by atomic mass is 9.82. The predicted octanol–water partition coefficient (Wildman–Crippen LogP) is 4.87. The van der Waals surface area contributed by atoms with Crippen LogP contribution in [0, 0.1) is 17.8 Å². The van der Waals surface area contributed by atoms with Crippen molar-refractivity contribution >= 4 is 11.9 Å². The number of rotatable bonds is 7. The summed E-state index contributed by atoms with van der Waals surface area (Å²) in [7, 11) is 0. The largest absolute Gasteiger partial charge is 0.299 e. The molecule has 1 saturated heterocycles. The van der Waals surface area contributed by atoms with Crippen LogP contribution >= 0.6 is 11.9 Å². The minimum Gasteiger partial charge on any atom is -0.299 e. The molecular weight excluding hydrogens is 300 g/mol. The molecule has 1 heterocycles. The minimum absolute atomic E-state index is 0.415. The monoisotopic (exact) mass is 332 g/mol. The fourth-order valence-electron chi connectivity index (χ4n) is 4.06. The fraction of sp³-hybridized carbons (Fsp3) is 0.700. The molecule has 3 heteroatoms. The average molecular weight is 333 g/mol. The lowest BCUT2D eigenvalue weighted by Crippen LogP contribution is -2.35. The second-order valence-corrected chi connectivity index (χ2v) is 8.24. The second kappa shape index (κ2) is 8.04. The molecule has 1 unspecified atom stereocenters. The molecule has 0 bridgehead atoms. The minimum atomic E-state index is 0.415. The topological polar surface area (TPSA) is 15.3 Å². The van der Waals surface area contributed by atoms with E-state index in [4.69, 9.17) is 0 Å². The van der Waals surface area contributed by atoms with E-state index in [0.717, 1.165) is 24.3 Å². The van der Waals surface area contributed by atoms with Crippen molar-refractivity contribution in [2.45, 2.75) is 52.1 Å². The Kier molecular flexibility index (Phi) is 6.06. The highest BCUT2D eigenvalue weighted by Crippen LogP contribution is 2.43. The Morgan fingerprint density at radius 1 is 1.04 bits per heavy atom. The second-order valence-electron chi connectivity index (χ2n) is 7.60. The normalized spacial score (nSPS) is 22.9. The molecule has 1 saturated carbocycles. The van der Waals surface area contributed by atoms with Gasteiger partial charge in [0.2, 0.25) is 0 Å². The first-order valence-electron chi connectivity index (χ1n) is 9.27. The van der Waals surface area contributed by atoms with Gasteiger partial charge in [-0.25, -0.2) is 0 Å². The van der Waals surface area contributed by atoms with E-state index < -0.39 is 0 Å². The maximum Gasteiger partial charge on any atom is 0.0393 e. The fourth-order valence-corrected chi connectivity index (χ4v) is 4.55. The van der Waals surface area contributed by atoms with Gasteiger partial charge in [0.1, 0.15) is 0 Å². The molecular formula is C20H32N2S. The summed E-state index contributed by atoms with van der Waals surface area (Å²) in [5.41, 5.74) is 2.83. The summed E-state index contributed by atoms with van der Waals surface area (Å²) in [4.78, 5) is 2.65. The van der Waals surface area contributed by atoms with Crippen molar-refractivity contribution < 1.29 is 0 Å². The molecule has 1 N–H and O–H groups in total. The third kappa shape index (κ3) is 4.74. The molecule has 0 amide bonds. The molecule has 0 spiro atoms. The molecule has 2 nitrogen and oxygen atoms in total. The van der Waals surface area contributed by atoms with Crippen LogP contribution in [0.2, 0.25) is 0 Å². The maximum absolute atomic E-state index is 3.40. The highest BCUT2D eigenvalue weighted by Gasteiger charge is 2.34. The van der Waals surface area contributed by atoms with E-state index in [-0.39, 0.29) is 0 Å². The van der Waals surface area contributed by atoms with Crippen molar-refractivity contribution in [3.63, 3.8) is 0 Å². The third-order valence-corrected chi connectivity index (χ3v) is 6.51. The zero-order valence-corrected chi connectivity index (χ0v) is 15.7. The van der Waals surface area contributed by atoms with Gasteiger partial charge in [0.05, 0.1) is 0 Å². The first-order valence-corrected chi connectivity index (χ1v) is 10.5. The summed E-state index contributed by atoms with van der Waals surface area (Å²) < 4.78 is 3.40. The third-order valence-electron chi connectivity index (χ3n) is 5.92. The van der Waals surface area contributed by atoms with Gasteiger partial charge in [0.15, 0.2) is 0 Å². The highest BCUT2D eigenvalue weighted by molar-refractivity contribution is 7.96. The van der Waals surface area contributed by atoms with E-state index in [9.17, 15) is 0 Å². The summed E-state index contributed by atoms with van der Waals surface area (Å²) in [5, 5.41) is 0. The van der Waals surface area contributed by atoms with Crippen molar-refractivity contribution in [3.05, 3.63) is 35.4 Å². The van der Waals surface area contributed by atoms with Gasteiger partial charge in [0.25, 0.3) is 0 Å². The molecule has 0 aromatic heterocycles. The van der Waals surface area contributed by atoms with Gasteiger partial charge in [0, 0.05) is 12.6 Å². The van der Waals surface area contributed by atoms with Crippen LogP contribution in [0.4, 0.5) is 0 Å². The van der Waals surface area contributed by atoms with Crippen LogP contribution in [0.25, 0.3) is 0 Å². The molecule has 2 fully saturated rings. The molecule has 1 aromatic carbocycles. The number of benzene rings is 1. The van der Waals surface area contributed by atoms with Crippen molar-refractivity contribution in [2.24, 2.45) is 17.8 Å². The van der Waals surface area contributed by atoms with E-state index in [1.807, 2.05) is 0 Å². The molecule has 1 aliphatic heterocycles. The smallest absolute Gasteiger partial charge is 0.0393 e. The van der Waals surface area contributed by atoms with Gasteiger partial charge in [-0.3, -0.25) is 9.62 Å². The van der Waals surface area contributed by atoms with Crippen LogP contribution in [-0.2, 0) is 6.54 Å². The Labute approximate surface area is 146 Å². The van der Waals surface area contributed by atoms with E-state index >= 15 is 0 Å². The number of nitrogens with zero attached hydrogens (tertiary/aromatic N) is 1. The molecule has 128 valence electrons. The van der Waals surface area contributed by atoms with Gasteiger partial charge in [-0.2, -0.15) is 0 Å². The van der Waals surface area contributed by atoms with Gasteiger partial charge in [-0.1, -0.05) is 43.1 Å². The van der Waals surface area contributed by atoms with Crippen LogP contribution in [-0.4, -0.2) is 24.2 Å². The Balaban J connectivity index is 1.46. The SMILES string of the molecule is CSN[C@H](C)c1ccc(CN2CCC(C(C)C3CC3)CC2)cc1. The summed E-state index contributed by atoms with van der Waals surface area (Å²) in [6, 6.07) is 9.61.